The number of halogens is 1. The molecule has 2 nitrogen and oxygen atoms in total. The Balaban J connectivity index is 2.02. The number of aliphatic hydroxyl groups excluding tert-OH is 1. The molecule has 2 aromatic rings. The minimum absolute atomic E-state index is 0.219. The zero-order valence-electron chi connectivity index (χ0n) is 12.0. The Morgan fingerprint density at radius 3 is 2.52 bits per heavy atom. The van der Waals surface area contributed by atoms with Crippen LogP contribution < -0.4 is 0 Å². The van der Waals surface area contributed by atoms with Gasteiger partial charge in [-0.1, -0.05) is 48.2 Å². The van der Waals surface area contributed by atoms with Crippen molar-refractivity contribution in [2.75, 3.05) is 13.7 Å². The molecule has 0 aliphatic rings. The molecule has 0 amide bonds. The van der Waals surface area contributed by atoms with Crippen LogP contribution in [0.1, 0.15) is 16.7 Å². The fraction of sp³-hybridized carbons (Fsp3) is 0.222. The van der Waals surface area contributed by atoms with Crippen molar-refractivity contribution >= 4 is 0 Å². The van der Waals surface area contributed by atoms with Crippen molar-refractivity contribution < 1.29 is 9.50 Å². The van der Waals surface area contributed by atoms with E-state index < -0.39 is 0 Å². The number of benzene rings is 2. The lowest BCUT2D eigenvalue weighted by Gasteiger charge is -2.17. The van der Waals surface area contributed by atoms with E-state index in [0.29, 0.717) is 17.7 Å². The molecular formula is C18H18FNO. The summed E-state index contributed by atoms with van der Waals surface area (Å²) in [7, 11) is 1.96. The standard InChI is InChI=1S/C18H18FNO/c1-20(13-16-6-3-2-4-7-16)14-17-10-9-15(8-5-11-21)12-18(17)19/h2-4,6-7,9-10,12,21H,11,13-14H2,1H3. The Hall–Kier alpha value is -2.15. The molecule has 2 rings (SSSR count). The van der Waals surface area contributed by atoms with Crippen LogP contribution in [0, 0.1) is 17.7 Å². The molecule has 0 aromatic heterocycles. The smallest absolute Gasteiger partial charge is 0.128 e. The zero-order chi connectivity index (χ0) is 15.1. The molecule has 0 saturated carbocycles. The van der Waals surface area contributed by atoms with E-state index in [1.165, 1.54) is 11.6 Å². The van der Waals surface area contributed by atoms with E-state index in [9.17, 15) is 4.39 Å². The van der Waals surface area contributed by atoms with Crippen molar-refractivity contribution in [2.45, 2.75) is 13.1 Å². The van der Waals surface area contributed by atoms with Crippen molar-refractivity contribution in [3.05, 3.63) is 71.0 Å². The largest absolute Gasteiger partial charge is 0.384 e. The van der Waals surface area contributed by atoms with Crippen LogP contribution in [0.4, 0.5) is 4.39 Å². The second kappa shape index (κ2) is 7.58. The van der Waals surface area contributed by atoms with Gasteiger partial charge in [0.1, 0.15) is 12.4 Å². The minimum Gasteiger partial charge on any atom is -0.384 e. The van der Waals surface area contributed by atoms with Crippen molar-refractivity contribution in [3.8, 4) is 11.8 Å². The molecule has 0 atom stereocenters. The molecule has 0 fully saturated rings. The summed E-state index contributed by atoms with van der Waals surface area (Å²) in [6, 6.07) is 15.0. The average molecular weight is 283 g/mol. The third kappa shape index (κ3) is 4.71. The van der Waals surface area contributed by atoms with Gasteiger partial charge in [-0.3, -0.25) is 4.90 Å². The van der Waals surface area contributed by atoms with E-state index in [-0.39, 0.29) is 12.4 Å². The van der Waals surface area contributed by atoms with Crippen molar-refractivity contribution in [3.63, 3.8) is 0 Å². The summed E-state index contributed by atoms with van der Waals surface area (Å²) in [5, 5.41) is 8.64. The summed E-state index contributed by atoms with van der Waals surface area (Å²) in [6.07, 6.45) is 0. The molecule has 2 aromatic carbocycles. The topological polar surface area (TPSA) is 23.5 Å². The van der Waals surface area contributed by atoms with Crippen LogP contribution in [0.15, 0.2) is 48.5 Å². The Kier molecular flexibility index (Phi) is 5.51. The molecule has 0 spiro atoms. The average Bonchev–Trinajstić information content (AvgIpc) is 2.48. The van der Waals surface area contributed by atoms with Crippen LogP contribution in [0.25, 0.3) is 0 Å². The fourth-order valence-electron chi connectivity index (χ4n) is 2.14. The van der Waals surface area contributed by atoms with Crippen LogP contribution >= 0.6 is 0 Å². The second-order valence-electron chi connectivity index (χ2n) is 4.92. The minimum atomic E-state index is -0.264. The Morgan fingerprint density at radius 2 is 1.86 bits per heavy atom. The Bertz CT molecular complexity index is 643. The number of rotatable bonds is 4. The quantitative estimate of drug-likeness (QED) is 0.872. The number of aliphatic hydroxyl groups is 1. The van der Waals surface area contributed by atoms with E-state index in [4.69, 9.17) is 5.11 Å². The summed E-state index contributed by atoms with van der Waals surface area (Å²) >= 11 is 0. The first-order chi connectivity index (χ1) is 10.2. The van der Waals surface area contributed by atoms with E-state index in [2.05, 4.69) is 28.9 Å². The van der Waals surface area contributed by atoms with E-state index in [1.807, 2.05) is 25.2 Å². The van der Waals surface area contributed by atoms with Crippen LogP contribution in [0.5, 0.6) is 0 Å². The summed E-state index contributed by atoms with van der Waals surface area (Å²) < 4.78 is 14.0. The molecule has 0 aliphatic heterocycles. The van der Waals surface area contributed by atoms with Gasteiger partial charge in [0, 0.05) is 24.2 Å². The zero-order valence-corrected chi connectivity index (χ0v) is 12.0. The molecular weight excluding hydrogens is 265 g/mol. The predicted octanol–water partition coefficient (Wildman–Crippen LogP) is 2.80. The highest BCUT2D eigenvalue weighted by Gasteiger charge is 2.07. The highest BCUT2D eigenvalue weighted by molar-refractivity contribution is 5.37. The van der Waals surface area contributed by atoms with Gasteiger partial charge in [0.05, 0.1) is 0 Å². The first kappa shape index (κ1) is 15.2. The van der Waals surface area contributed by atoms with Gasteiger partial charge >= 0.3 is 0 Å². The molecule has 0 aliphatic carbocycles. The lowest BCUT2D eigenvalue weighted by molar-refractivity contribution is 0.313. The SMILES string of the molecule is CN(Cc1ccccc1)Cc1ccc(C#CCO)cc1F. The van der Waals surface area contributed by atoms with E-state index in [0.717, 1.165) is 6.54 Å². The molecule has 0 unspecified atom stereocenters. The van der Waals surface area contributed by atoms with Crippen LogP contribution in [-0.2, 0) is 13.1 Å². The number of hydrogen-bond donors (Lipinski definition) is 1. The third-order valence-electron chi connectivity index (χ3n) is 3.10. The summed E-state index contributed by atoms with van der Waals surface area (Å²) in [6.45, 7) is 1.09. The maximum atomic E-state index is 14.0. The van der Waals surface area contributed by atoms with Crippen LogP contribution in [0.3, 0.4) is 0 Å². The predicted molar refractivity (Wildman–Crippen MR) is 82.0 cm³/mol. The van der Waals surface area contributed by atoms with E-state index >= 15 is 0 Å². The van der Waals surface area contributed by atoms with Crippen LogP contribution in [0.2, 0.25) is 0 Å². The molecule has 1 N–H and O–H groups in total. The third-order valence-corrected chi connectivity index (χ3v) is 3.10. The van der Waals surface area contributed by atoms with Gasteiger partial charge in [-0.05, 0) is 24.7 Å². The normalized spacial score (nSPS) is 10.3. The first-order valence-electron chi connectivity index (χ1n) is 6.79. The lowest BCUT2D eigenvalue weighted by atomic mass is 10.1. The Labute approximate surface area is 124 Å². The molecule has 108 valence electrons. The highest BCUT2D eigenvalue weighted by atomic mass is 19.1. The van der Waals surface area contributed by atoms with Gasteiger partial charge in [-0.25, -0.2) is 4.39 Å². The summed E-state index contributed by atoms with van der Waals surface area (Å²) in [5.41, 5.74) is 2.42. The molecule has 0 heterocycles. The van der Waals surface area contributed by atoms with Crippen LogP contribution in [-0.4, -0.2) is 23.7 Å². The molecule has 0 saturated heterocycles. The second-order valence-corrected chi connectivity index (χ2v) is 4.92. The maximum Gasteiger partial charge on any atom is 0.128 e. The van der Waals surface area contributed by atoms with Gasteiger partial charge in [0.15, 0.2) is 0 Å². The molecule has 3 heteroatoms. The monoisotopic (exact) mass is 283 g/mol. The molecule has 0 bridgehead atoms. The van der Waals surface area contributed by atoms with Crippen molar-refractivity contribution in [1.82, 2.24) is 4.90 Å². The molecule has 0 radical (unpaired) electrons. The molecule has 21 heavy (non-hydrogen) atoms. The van der Waals surface area contributed by atoms with Gasteiger partial charge < -0.3 is 5.11 Å². The lowest BCUT2D eigenvalue weighted by Crippen LogP contribution is -2.18. The maximum absolute atomic E-state index is 14.0. The van der Waals surface area contributed by atoms with Gasteiger partial charge in [0.2, 0.25) is 0 Å². The van der Waals surface area contributed by atoms with Gasteiger partial charge in [-0.15, -0.1) is 0 Å². The van der Waals surface area contributed by atoms with Crippen molar-refractivity contribution in [2.24, 2.45) is 0 Å². The highest BCUT2D eigenvalue weighted by Crippen LogP contribution is 2.13. The number of nitrogens with zero attached hydrogens (tertiary/aromatic N) is 1. The summed E-state index contributed by atoms with van der Waals surface area (Å²) in [4.78, 5) is 2.06. The van der Waals surface area contributed by atoms with Gasteiger partial charge in [0.25, 0.3) is 0 Å². The van der Waals surface area contributed by atoms with Crippen molar-refractivity contribution in [1.29, 1.82) is 0 Å². The van der Waals surface area contributed by atoms with E-state index in [1.54, 1.807) is 12.1 Å². The number of hydrogen-bond acceptors (Lipinski definition) is 2. The summed E-state index contributed by atoms with van der Waals surface area (Å²) in [5.74, 6) is 4.95. The first-order valence-corrected chi connectivity index (χ1v) is 6.79. The Morgan fingerprint density at radius 1 is 1.10 bits per heavy atom. The van der Waals surface area contributed by atoms with Gasteiger partial charge in [-0.2, -0.15) is 0 Å². The fourth-order valence-corrected chi connectivity index (χ4v) is 2.14.